The molecule has 2 N–H and O–H groups in total. The first-order chi connectivity index (χ1) is 7.10. The molecule has 0 radical (unpaired) electrons. The first-order valence-corrected chi connectivity index (χ1v) is 7.03. The zero-order chi connectivity index (χ0) is 11.3. The monoisotopic (exact) mass is 236 g/mol. The minimum absolute atomic E-state index is 0.0969. The number of rotatable bonds is 6. The van der Waals surface area contributed by atoms with Crippen LogP contribution in [0, 0.1) is 0 Å². The van der Waals surface area contributed by atoms with Crippen molar-refractivity contribution in [1.82, 2.24) is 9.62 Å². The normalized spacial score (nSPS) is 22.5. The molecule has 0 aromatic carbocycles. The van der Waals surface area contributed by atoms with E-state index in [-0.39, 0.29) is 24.9 Å². The van der Waals surface area contributed by atoms with Crippen LogP contribution in [0.1, 0.15) is 19.8 Å². The predicted molar refractivity (Wildman–Crippen MR) is 59.1 cm³/mol. The van der Waals surface area contributed by atoms with Gasteiger partial charge in [0, 0.05) is 19.1 Å². The quantitative estimate of drug-likeness (QED) is 0.645. The number of sulfonamides is 1. The Bertz CT molecular complexity index is 273. The van der Waals surface area contributed by atoms with E-state index < -0.39 is 10.0 Å². The highest BCUT2D eigenvalue weighted by Gasteiger charge is 2.24. The van der Waals surface area contributed by atoms with E-state index in [0.717, 1.165) is 19.4 Å². The third-order valence-corrected chi connectivity index (χ3v) is 4.54. The molecule has 90 valence electrons. The van der Waals surface area contributed by atoms with Crippen molar-refractivity contribution in [3.8, 4) is 0 Å². The van der Waals surface area contributed by atoms with Gasteiger partial charge < -0.3 is 10.4 Å². The molecule has 0 aromatic heterocycles. The zero-order valence-electron chi connectivity index (χ0n) is 9.15. The molecule has 5 nitrogen and oxygen atoms in total. The fourth-order valence-corrected chi connectivity index (χ4v) is 2.93. The molecule has 0 saturated carbocycles. The maximum absolute atomic E-state index is 11.7. The van der Waals surface area contributed by atoms with Gasteiger partial charge in [0.1, 0.15) is 0 Å². The second-order valence-electron chi connectivity index (χ2n) is 3.78. The highest BCUT2D eigenvalue weighted by atomic mass is 32.2. The van der Waals surface area contributed by atoms with Crippen LogP contribution >= 0.6 is 0 Å². The average molecular weight is 236 g/mol. The molecular formula is C9H20N2O3S. The molecule has 1 fully saturated rings. The van der Waals surface area contributed by atoms with Gasteiger partial charge in [-0.05, 0) is 26.3 Å². The molecule has 0 bridgehead atoms. The van der Waals surface area contributed by atoms with Crippen LogP contribution in [-0.2, 0) is 10.0 Å². The van der Waals surface area contributed by atoms with Gasteiger partial charge in [-0.1, -0.05) is 0 Å². The van der Waals surface area contributed by atoms with Gasteiger partial charge in [0.15, 0.2) is 0 Å². The van der Waals surface area contributed by atoms with Crippen LogP contribution in [0.25, 0.3) is 0 Å². The number of nitrogens with one attached hydrogen (secondary N) is 1. The molecule has 0 spiro atoms. The molecule has 1 heterocycles. The van der Waals surface area contributed by atoms with Crippen LogP contribution in [-0.4, -0.2) is 55.9 Å². The Labute approximate surface area is 91.5 Å². The minimum Gasteiger partial charge on any atom is -0.395 e. The van der Waals surface area contributed by atoms with E-state index in [1.54, 1.807) is 6.92 Å². The lowest BCUT2D eigenvalue weighted by atomic mass is 10.2. The molecule has 0 aromatic rings. The summed E-state index contributed by atoms with van der Waals surface area (Å²) in [7, 11) is -3.18. The fraction of sp³-hybridized carbons (Fsp3) is 1.00. The Balaban J connectivity index is 2.57. The topological polar surface area (TPSA) is 69.6 Å². The van der Waals surface area contributed by atoms with Gasteiger partial charge in [0.05, 0.1) is 12.4 Å². The van der Waals surface area contributed by atoms with E-state index >= 15 is 0 Å². The summed E-state index contributed by atoms with van der Waals surface area (Å²) in [4.78, 5) is 0. The fourth-order valence-electron chi connectivity index (χ4n) is 1.80. The molecule has 1 unspecified atom stereocenters. The highest BCUT2D eigenvalue weighted by molar-refractivity contribution is 7.89. The number of nitrogens with zero attached hydrogens (tertiary/aromatic N) is 1. The SMILES string of the molecule is CCS(=O)(=O)N(CCO)CC1CCCN1. The van der Waals surface area contributed by atoms with E-state index in [1.807, 2.05) is 0 Å². The second-order valence-corrected chi connectivity index (χ2v) is 6.03. The van der Waals surface area contributed by atoms with Crippen molar-refractivity contribution in [2.24, 2.45) is 0 Å². The molecule has 0 amide bonds. The maximum Gasteiger partial charge on any atom is 0.213 e. The van der Waals surface area contributed by atoms with Gasteiger partial charge in [-0.15, -0.1) is 0 Å². The van der Waals surface area contributed by atoms with Gasteiger partial charge in [-0.3, -0.25) is 0 Å². The van der Waals surface area contributed by atoms with Crippen molar-refractivity contribution in [3.05, 3.63) is 0 Å². The highest BCUT2D eigenvalue weighted by Crippen LogP contribution is 2.10. The van der Waals surface area contributed by atoms with Crippen LogP contribution < -0.4 is 5.32 Å². The van der Waals surface area contributed by atoms with E-state index in [9.17, 15) is 8.42 Å². The molecule has 6 heteroatoms. The summed E-state index contributed by atoms with van der Waals surface area (Å²) in [5, 5.41) is 12.1. The average Bonchev–Trinajstić information content (AvgIpc) is 2.70. The molecule has 1 atom stereocenters. The van der Waals surface area contributed by atoms with Crippen LogP contribution in [0.4, 0.5) is 0 Å². The summed E-state index contributed by atoms with van der Waals surface area (Å²) < 4.78 is 24.7. The largest absolute Gasteiger partial charge is 0.395 e. The van der Waals surface area contributed by atoms with Crippen LogP contribution in [0.3, 0.4) is 0 Å². The summed E-state index contributed by atoms with van der Waals surface area (Å²) in [6.45, 7) is 3.16. The Hall–Kier alpha value is -0.170. The first kappa shape index (κ1) is 12.9. The molecule has 1 aliphatic heterocycles. The standard InChI is InChI=1S/C9H20N2O3S/c1-2-15(13,14)11(6-7-12)8-9-4-3-5-10-9/h9-10,12H,2-8H2,1H3. The minimum atomic E-state index is -3.18. The Morgan fingerprint density at radius 3 is 2.73 bits per heavy atom. The molecule has 1 saturated heterocycles. The van der Waals surface area contributed by atoms with Gasteiger partial charge in [-0.2, -0.15) is 4.31 Å². The summed E-state index contributed by atoms with van der Waals surface area (Å²) in [5.74, 6) is 0.0969. The van der Waals surface area contributed by atoms with Crippen molar-refractivity contribution in [3.63, 3.8) is 0 Å². The third-order valence-electron chi connectivity index (χ3n) is 2.69. The Morgan fingerprint density at radius 1 is 1.53 bits per heavy atom. The third kappa shape index (κ3) is 3.71. The van der Waals surface area contributed by atoms with Gasteiger partial charge in [-0.25, -0.2) is 8.42 Å². The van der Waals surface area contributed by atoms with Gasteiger partial charge >= 0.3 is 0 Å². The maximum atomic E-state index is 11.7. The first-order valence-electron chi connectivity index (χ1n) is 5.42. The van der Waals surface area contributed by atoms with Crippen molar-refractivity contribution >= 4 is 10.0 Å². The molecule has 1 aliphatic rings. The van der Waals surface area contributed by atoms with Gasteiger partial charge in [0.2, 0.25) is 10.0 Å². The van der Waals surface area contributed by atoms with Crippen molar-refractivity contribution in [2.75, 3.05) is 32.0 Å². The molecule has 1 rings (SSSR count). The van der Waals surface area contributed by atoms with Gasteiger partial charge in [0.25, 0.3) is 0 Å². The molecular weight excluding hydrogens is 216 g/mol. The van der Waals surface area contributed by atoms with Crippen molar-refractivity contribution in [1.29, 1.82) is 0 Å². The van der Waals surface area contributed by atoms with Crippen LogP contribution in [0.2, 0.25) is 0 Å². The number of hydrogen-bond donors (Lipinski definition) is 2. The Kier molecular flexibility index (Phi) is 4.98. The predicted octanol–water partition coefficient (Wildman–Crippen LogP) is -0.618. The second kappa shape index (κ2) is 5.79. The number of aliphatic hydroxyl groups is 1. The summed E-state index contributed by atoms with van der Waals surface area (Å²) in [5.41, 5.74) is 0. The lowest BCUT2D eigenvalue weighted by molar-refractivity contribution is 0.246. The van der Waals surface area contributed by atoms with E-state index in [2.05, 4.69) is 5.32 Å². The zero-order valence-corrected chi connectivity index (χ0v) is 9.96. The lowest BCUT2D eigenvalue weighted by Crippen LogP contribution is -2.43. The molecule has 0 aliphatic carbocycles. The summed E-state index contributed by atoms with van der Waals surface area (Å²) >= 11 is 0. The number of hydrogen-bond acceptors (Lipinski definition) is 4. The van der Waals surface area contributed by atoms with E-state index in [0.29, 0.717) is 6.54 Å². The number of aliphatic hydroxyl groups excluding tert-OH is 1. The summed E-state index contributed by atoms with van der Waals surface area (Å²) in [6.07, 6.45) is 2.12. The lowest BCUT2D eigenvalue weighted by Gasteiger charge is -2.23. The summed E-state index contributed by atoms with van der Waals surface area (Å²) in [6, 6.07) is 0.248. The van der Waals surface area contributed by atoms with Crippen molar-refractivity contribution in [2.45, 2.75) is 25.8 Å². The van der Waals surface area contributed by atoms with Crippen LogP contribution in [0.5, 0.6) is 0 Å². The Morgan fingerprint density at radius 2 is 2.27 bits per heavy atom. The van der Waals surface area contributed by atoms with Crippen LogP contribution in [0.15, 0.2) is 0 Å². The molecule has 15 heavy (non-hydrogen) atoms. The smallest absolute Gasteiger partial charge is 0.213 e. The van der Waals surface area contributed by atoms with Crippen molar-refractivity contribution < 1.29 is 13.5 Å². The van der Waals surface area contributed by atoms with E-state index in [4.69, 9.17) is 5.11 Å². The van der Waals surface area contributed by atoms with E-state index in [1.165, 1.54) is 4.31 Å².